The van der Waals surface area contributed by atoms with Gasteiger partial charge in [-0.15, -0.1) is 0 Å². The number of aryl methyl sites for hydroxylation is 1. The largest absolute Gasteiger partial charge is 0.396 e. The van der Waals surface area contributed by atoms with Crippen molar-refractivity contribution in [2.24, 2.45) is 5.73 Å². The maximum absolute atomic E-state index is 12.4. The Kier molecular flexibility index (Phi) is 12.8. The molecule has 7 nitrogen and oxygen atoms in total. The zero-order valence-electron chi connectivity index (χ0n) is 20.2. The van der Waals surface area contributed by atoms with Gasteiger partial charge in [0.05, 0.1) is 5.56 Å². The molecular weight excluding hydrogens is 474 g/mol. The molecule has 0 aliphatic carbocycles. The van der Waals surface area contributed by atoms with Crippen LogP contribution >= 0.6 is 11.8 Å². The zero-order chi connectivity index (χ0) is 26.2. The summed E-state index contributed by atoms with van der Waals surface area (Å²) in [5.41, 5.74) is 9.13. The van der Waals surface area contributed by atoms with Crippen LogP contribution in [0.1, 0.15) is 50.2 Å². The third kappa shape index (κ3) is 10.7. The average molecular weight is 506 g/mol. The Morgan fingerprint density at radius 2 is 1.61 bits per heavy atom. The van der Waals surface area contributed by atoms with E-state index in [-0.39, 0.29) is 19.1 Å². The lowest BCUT2D eigenvalue weighted by molar-refractivity contribution is 0.0997. The molecule has 0 bridgehead atoms. The summed E-state index contributed by atoms with van der Waals surface area (Å²) in [6.45, 7) is 2.51. The zero-order valence-corrected chi connectivity index (χ0v) is 21.1. The van der Waals surface area contributed by atoms with Crippen molar-refractivity contribution in [3.63, 3.8) is 0 Å². The molecule has 8 heteroatoms. The van der Waals surface area contributed by atoms with Crippen molar-refractivity contribution in [1.82, 2.24) is 4.98 Å². The fourth-order valence-corrected chi connectivity index (χ4v) is 3.76. The molecule has 0 radical (unpaired) electrons. The topological polar surface area (TPSA) is 126 Å². The van der Waals surface area contributed by atoms with E-state index >= 15 is 0 Å². The molecule has 0 aliphatic rings. The van der Waals surface area contributed by atoms with Crippen molar-refractivity contribution in [2.45, 2.75) is 19.8 Å². The molecule has 0 spiro atoms. The Morgan fingerprint density at radius 3 is 2.28 bits per heavy atom. The standard InChI is InChI=1S/C22H17N3O2.C6H14O2S/c1-15-4-2-6-18(10-15)22(27)25-20-7-3-5-16(12-20)8-9-17-11-19(21(23)26)14-24-13-17;7-3-1-5-9-6-2-4-8/h2-7,10-14H,1H3,(H2,23,26)(H,25,27);7-8H,1-6H2. The number of anilines is 1. The van der Waals surface area contributed by atoms with E-state index < -0.39 is 5.91 Å². The lowest BCUT2D eigenvalue weighted by atomic mass is 10.1. The van der Waals surface area contributed by atoms with E-state index in [4.69, 9.17) is 15.9 Å². The molecular formula is C28H31N3O4S. The van der Waals surface area contributed by atoms with E-state index in [1.54, 1.807) is 42.2 Å². The molecule has 1 aromatic heterocycles. The van der Waals surface area contributed by atoms with Gasteiger partial charge in [0.2, 0.25) is 5.91 Å². The summed E-state index contributed by atoms with van der Waals surface area (Å²) in [6, 6.07) is 16.2. The van der Waals surface area contributed by atoms with E-state index in [0.717, 1.165) is 35.5 Å². The van der Waals surface area contributed by atoms with Gasteiger partial charge < -0.3 is 21.3 Å². The minimum Gasteiger partial charge on any atom is -0.396 e. The predicted octanol–water partition coefficient (Wildman–Crippen LogP) is 3.63. The Morgan fingerprint density at radius 1 is 0.917 bits per heavy atom. The molecule has 36 heavy (non-hydrogen) atoms. The van der Waals surface area contributed by atoms with Crippen LogP contribution in [-0.4, -0.2) is 51.7 Å². The normalized spacial score (nSPS) is 9.86. The monoisotopic (exact) mass is 505 g/mol. The second-order valence-electron chi connectivity index (χ2n) is 7.75. The highest BCUT2D eigenvalue weighted by atomic mass is 32.2. The number of nitrogens with zero attached hydrogens (tertiary/aromatic N) is 1. The van der Waals surface area contributed by atoms with Crippen LogP contribution in [0.2, 0.25) is 0 Å². The number of hydrogen-bond donors (Lipinski definition) is 4. The number of thioether (sulfide) groups is 1. The first kappa shape index (κ1) is 28.6. The van der Waals surface area contributed by atoms with E-state index in [2.05, 4.69) is 22.1 Å². The molecule has 3 aromatic rings. The average Bonchev–Trinajstić information content (AvgIpc) is 2.88. The van der Waals surface area contributed by atoms with Gasteiger partial charge in [0.1, 0.15) is 0 Å². The van der Waals surface area contributed by atoms with Gasteiger partial charge in [-0.1, -0.05) is 35.6 Å². The summed E-state index contributed by atoms with van der Waals surface area (Å²) in [6.07, 6.45) is 4.70. The molecule has 0 unspecified atom stereocenters. The van der Waals surface area contributed by atoms with Gasteiger partial charge in [-0.2, -0.15) is 11.8 Å². The Labute approximate surface area is 216 Å². The van der Waals surface area contributed by atoms with E-state index in [9.17, 15) is 9.59 Å². The third-order valence-corrected chi connectivity index (χ3v) is 5.82. The summed E-state index contributed by atoms with van der Waals surface area (Å²) in [5, 5.41) is 19.6. The van der Waals surface area contributed by atoms with Gasteiger partial charge >= 0.3 is 0 Å². The number of nitrogens with one attached hydrogen (secondary N) is 1. The first-order valence-electron chi connectivity index (χ1n) is 11.5. The number of carbonyl (C=O) groups excluding carboxylic acids is 2. The van der Waals surface area contributed by atoms with E-state index in [1.807, 2.05) is 37.3 Å². The van der Waals surface area contributed by atoms with E-state index in [1.165, 1.54) is 6.20 Å². The fourth-order valence-electron chi connectivity index (χ4n) is 2.89. The summed E-state index contributed by atoms with van der Waals surface area (Å²) in [4.78, 5) is 27.5. The molecule has 188 valence electrons. The van der Waals surface area contributed by atoms with Crippen molar-refractivity contribution >= 4 is 29.3 Å². The highest BCUT2D eigenvalue weighted by molar-refractivity contribution is 7.99. The second kappa shape index (κ2) is 16.1. The first-order valence-corrected chi connectivity index (χ1v) is 12.6. The number of rotatable bonds is 9. The summed E-state index contributed by atoms with van der Waals surface area (Å²) in [7, 11) is 0. The molecule has 0 saturated carbocycles. The van der Waals surface area contributed by atoms with Gasteiger partial charge in [-0.3, -0.25) is 14.6 Å². The minimum atomic E-state index is -0.549. The van der Waals surface area contributed by atoms with Crippen LogP contribution in [0, 0.1) is 18.8 Å². The number of carbonyl (C=O) groups is 2. The second-order valence-corrected chi connectivity index (χ2v) is 8.97. The molecule has 3 rings (SSSR count). The van der Waals surface area contributed by atoms with Gasteiger partial charge in [-0.05, 0) is 67.7 Å². The van der Waals surface area contributed by atoms with Crippen molar-refractivity contribution in [3.05, 3.63) is 94.8 Å². The van der Waals surface area contributed by atoms with Crippen molar-refractivity contribution < 1.29 is 19.8 Å². The smallest absolute Gasteiger partial charge is 0.255 e. The molecule has 2 aromatic carbocycles. The Bertz CT molecular complexity index is 1200. The number of amides is 2. The Hall–Kier alpha value is -3.64. The number of aliphatic hydroxyl groups is 2. The SMILES string of the molecule is Cc1cccc(C(=O)Nc2cccc(C#Cc3cncc(C(N)=O)c3)c2)c1.OCCCSCCCO. The van der Waals surface area contributed by atoms with Crippen LogP contribution in [-0.2, 0) is 0 Å². The highest BCUT2D eigenvalue weighted by Gasteiger charge is 2.06. The summed E-state index contributed by atoms with van der Waals surface area (Å²) >= 11 is 1.78. The first-order chi connectivity index (χ1) is 17.4. The Balaban J connectivity index is 0.000000434. The minimum absolute atomic E-state index is 0.179. The van der Waals surface area contributed by atoms with E-state index in [0.29, 0.717) is 22.4 Å². The maximum Gasteiger partial charge on any atom is 0.255 e. The van der Waals surface area contributed by atoms with Crippen LogP contribution in [0.5, 0.6) is 0 Å². The van der Waals surface area contributed by atoms with Crippen LogP contribution in [0.25, 0.3) is 0 Å². The predicted molar refractivity (Wildman–Crippen MR) is 145 cm³/mol. The fraction of sp³-hybridized carbons (Fsp3) is 0.250. The van der Waals surface area contributed by atoms with Gasteiger partial charge in [-0.25, -0.2) is 0 Å². The number of pyridine rings is 1. The van der Waals surface area contributed by atoms with Crippen molar-refractivity contribution in [2.75, 3.05) is 30.0 Å². The number of nitrogens with two attached hydrogens (primary N) is 1. The van der Waals surface area contributed by atoms with Crippen molar-refractivity contribution in [3.8, 4) is 11.8 Å². The van der Waals surface area contributed by atoms with Gasteiger partial charge in [0.15, 0.2) is 0 Å². The number of aromatic nitrogens is 1. The van der Waals surface area contributed by atoms with Gasteiger partial charge in [0.25, 0.3) is 5.91 Å². The lowest BCUT2D eigenvalue weighted by Gasteiger charge is -2.06. The van der Waals surface area contributed by atoms with Crippen LogP contribution in [0.3, 0.4) is 0 Å². The molecule has 0 saturated heterocycles. The number of benzene rings is 2. The van der Waals surface area contributed by atoms with Crippen LogP contribution < -0.4 is 11.1 Å². The van der Waals surface area contributed by atoms with Gasteiger partial charge in [0, 0.05) is 48.0 Å². The number of hydrogen-bond acceptors (Lipinski definition) is 6. The molecule has 0 aliphatic heterocycles. The van der Waals surface area contributed by atoms with Crippen LogP contribution in [0.15, 0.2) is 67.0 Å². The quantitative estimate of drug-likeness (QED) is 0.260. The van der Waals surface area contributed by atoms with Crippen LogP contribution in [0.4, 0.5) is 5.69 Å². The molecule has 0 fully saturated rings. The summed E-state index contributed by atoms with van der Waals surface area (Å²) in [5.74, 6) is 7.23. The molecule has 0 atom stereocenters. The highest BCUT2D eigenvalue weighted by Crippen LogP contribution is 2.13. The lowest BCUT2D eigenvalue weighted by Crippen LogP contribution is -2.11. The third-order valence-electron chi connectivity index (χ3n) is 4.67. The van der Waals surface area contributed by atoms with Crippen molar-refractivity contribution in [1.29, 1.82) is 0 Å². The number of aliphatic hydroxyl groups excluding tert-OH is 2. The number of primary amides is 1. The molecule has 5 N–H and O–H groups in total. The molecule has 2 amide bonds. The molecule has 1 heterocycles. The maximum atomic E-state index is 12.4. The summed E-state index contributed by atoms with van der Waals surface area (Å²) < 4.78 is 0.